The molecule has 196 valence electrons. The number of likely N-dealkylation sites (tertiary alicyclic amines) is 1. The van der Waals surface area contributed by atoms with Crippen molar-refractivity contribution in [3.05, 3.63) is 63.1 Å². The van der Waals surface area contributed by atoms with Crippen molar-refractivity contribution in [1.82, 2.24) is 24.4 Å². The van der Waals surface area contributed by atoms with E-state index in [9.17, 15) is 9.59 Å². The van der Waals surface area contributed by atoms with E-state index in [-0.39, 0.29) is 12.0 Å². The fraction of sp³-hybridized carbons (Fsp3) is 0.500. The molecule has 0 spiro atoms. The summed E-state index contributed by atoms with van der Waals surface area (Å²) in [6.07, 6.45) is 2.35. The van der Waals surface area contributed by atoms with Crippen LogP contribution in [0.1, 0.15) is 72.2 Å². The second kappa shape index (κ2) is 9.63. The van der Waals surface area contributed by atoms with Crippen molar-refractivity contribution in [2.75, 3.05) is 13.1 Å². The highest BCUT2D eigenvalue weighted by atomic mass is 35.5. The molecule has 2 aliphatic heterocycles. The number of benzene rings is 1. The number of hydrogen-bond acceptors (Lipinski definition) is 5. The molecule has 2 aliphatic rings. The van der Waals surface area contributed by atoms with E-state index in [0.717, 1.165) is 58.7 Å². The number of ether oxygens (including phenoxy) is 1. The summed E-state index contributed by atoms with van der Waals surface area (Å²) in [5.74, 6) is 0.424. The molecular weight excluding hydrogens is 490 g/mol. The molecule has 1 saturated heterocycles. The average molecular weight is 524 g/mol. The Morgan fingerprint density at radius 3 is 2.49 bits per heavy atom. The molecule has 2 aromatic heterocycles. The van der Waals surface area contributed by atoms with Crippen molar-refractivity contribution in [3.8, 4) is 0 Å². The average Bonchev–Trinajstić information content (AvgIpc) is 3.41. The first-order valence-electron chi connectivity index (χ1n) is 12.9. The summed E-state index contributed by atoms with van der Waals surface area (Å²) >= 11 is 6.37. The van der Waals surface area contributed by atoms with Gasteiger partial charge in [0.05, 0.1) is 35.2 Å². The van der Waals surface area contributed by atoms with Gasteiger partial charge in [-0.1, -0.05) is 29.8 Å². The monoisotopic (exact) mass is 523 g/mol. The van der Waals surface area contributed by atoms with Crippen LogP contribution in [0, 0.1) is 19.8 Å². The highest BCUT2D eigenvalue weighted by Crippen LogP contribution is 2.31. The molecule has 0 unspecified atom stereocenters. The third kappa shape index (κ3) is 5.04. The van der Waals surface area contributed by atoms with Crippen molar-refractivity contribution >= 4 is 29.2 Å². The lowest BCUT2D eigenvalue weighted by atomic mass is 9.88. The number of piperidine rings is 1. The van der Waals surface area contributed by atoms with E-state index in [2.05, 4.69) is 11.1 Å². The van der Waals surface area contributed by atoms with Crippen LogP contribution in [0.15, 0.2) is 24.3 Å². The van der Waals surface area contributed by atoms with Crippen LogP contribution < -0.4 is 0 Å². The molecule has 1 aromatic carbocycles. The molecule has 4 heterocycles. The van der Waals surface area contributed by atoms with Crippen LogP contribution in [0.4, 0.5) is 4.79 Å². The first kappa shape index (κ1) is 25.5. The Balaban J connectivity index is 1.27. The van der Waals surface area contributed by atoms with Gasteiger partial charge in [0.15, 0.2) is 5.65 Å². The van der Waals surface area contributed by atoms with Gasteiger partial charge >= 0.3 is 6.09 Å². The van der Waals surface area contributed by atoms with Crippen LogP contribution in [-0.2, 0) is 24.2 Å². The molecule has 0 atom stereocenters. The first-order chi connectivity index (χ1) is 17.5. The Kier molecular flexibility index (Phi) is 6.64. The van der Waals surface area contributed by atoms with E-state index in [1.807, 2.05) is 57.7 Å². The maximum atomic E-state index is 13.7. The van der Waals surface area contributed by atoms with Gasteiger partial charge in [-0.15, -0.1) is 0 Å². The Hall–Kier alpha value is -3.13. The molecular formula is C28H34ClN5O3. The Labute approximate surface area is 222 Å². The third-order valence-electron chi connectivity index (χ3n) is 7.27. The van der Waals surface area contributed by atoms with Crippen molar-refractivity contribution < 1.29 is 14.3 Å². The molecule has 0 saturated carbocycles. The van der Waals surface area contributed by atoms with E-state index in [0.29, 0.717) is 37.1 Å². The Morgan fingerprint density at radius 2 is 1.78 bits per heavy atom. The quantitative estimate of drug-likeness (QED) is 0.462. The predicted octanol–water partition coefficient (Wildman–Crippen LogP) is 5.35. The fourth-order valence-electron chi connectivity index (χ4n) is 5.29. The van der Waals surface area contributed by atoms with E-state index >= 15 is 0 Å². The maximum absolute atomic E-state index is 13.7. The minimum absolute atomic E-state index is 0.0142. The zero-order chi connectivity index (χ0) is 26.5. The molecule has 8 nitrogen and oxygen atoms in total. The van der Waals surface area contributed by atoms with Gasteiger partial charge in [0.1, 0.15) is 5.60 Å². The van der Waals surface area contributed by atoms with Crippen LogP contribution in [0.2, 0.25) is 5.02 Å². The van der Waals surface area contributed by atoms with Crippen LogP contribution >= 0.6 is 11.6 Å². The second-order valence-corrected chi connectivity index (χ2v) is 11.6. The SMILES string of the molecule is Cc1nc2c3c(nn2c(C)c1Cl)CN(C(=O)c1ccccc1CC1CCN(C(=O)OC(C)(C)C)CC1)C3. The highest BCUT2D eigenvalue weighted by molar-refractivity contribution is 6.31. The molecule has 0 N–H and O–H groups in total. The van der Waals surface area contributed by atoms with Gasteiger partial charge in [0.25, 0.3) is 5.91 Å². The van der Waals surface area contributed by atoms with E-state index in [1.165, 1.54) is 0 Å². The Morgan fingerprint density at radius 1 is 1.08 bits per heavy atom. The number of aromatic nitrogens is 3. The summed E-state index contributed by atoms with van der Waals surface area (Å²) in [5.41, 5.74) is 5.56. The minimum Gasteiger partial charge on any atom is -0.444 e. The van der Waals surface area contributed by atoms with Crippen molar-refractivity contribution in [2.45, 2.75) is 72.6 Å². The lowest BCUT2D eigenvalue weighted by Crippen LogP contribution is -2.42. The summed E-state index contributed by atoms with van der Waals surface area (Å²) in [5, 5.41) is 5.33. The normalized spacial score (nSPS) is 16.4. The minimum atomic E-state index is -0.493. The molecule has 37 heavy (non-hydrogen) atoms. The molecule has 0 aliphatic carbocycles. The van der Waals surface area contributed by atoms with Crippen LogP contribution in [0.3, 0.4) is 0 Å². The number of fused-ring (bicyclic) bond motifs is 3. The molecule has 9 heteroatoms. The number of aryl methyl sites for hydroxylation is 2. The van der Waals surface area contributed by atoms with Crippen LogP contribution in [0.5, 0.6) is 0 Å². The maximum Gasteiger partial charge on any atom is 0.410 e. The smallest absolute Gasteiger partial charge is 0.410 e. The molecule has 0 radical (unpaired) electrons. The van der Waals surface area contributed by atoms with E-state index in [4.69, 9.17) is 21.4 Å². The topological polar surface area (TPSA) is 80.0 Å². The van der Waals surface area contributed by atoms with Crippen LogP contribution in [0.25, 0.3) is 5.65 Å². The molecule has 2 amide bonds. The predicted molar refractivity (Wildman–Crippen MR) is 142 cm³/mol. The first-order valence-corrected chi connectivity index (χ1v) is 13.3. The highest BCUT2D eigenvalue weighted by Gasteiger charge is 2.32. The molecule has 3 aromatic rings. The summed E-state index contributed by atoms with van der Waals surface area (Å²) in [6, 6.07) is 7.88. The molecule has 5 rings (SSSR count). The van der Waals surface area contributed by atoms with Gasteiger partial charge in [0.2, 0.25) is 0 Å². The number of amides is 2. The number of hydrogen-bond donors (Lipinski definition) is 0. The van der Waals surface area contributed by atoms with Gasteiger partial charge < -0.3 is 14.5 Å². The van der Waals surface area contributed by atoms with Gasteiger partial charge in [-0.3, -0.25) is 4.79 Å². The summed E-state index contributed by atoms with van der Waals surface area (Å²) in [7, 11) is 0. The van der Waals surface area contributed by atoms with Crippen molar-refractivity contribution in [3.63, 3.8) is 0 Å². The fourth-order valence-corrected chi connectivity index (χ4v) is 5.41. The zero-order valence-corrected chi connectivity index (χ0v) is 22.9. The molecule has 0 bridgehead atoms. The largest absolute Gasteiger partial charge is 0.444 e. The van der Waals surface area contributed by atoms with Crippen molar-refractivity contribution in [2.24, 2.45) is 5.92 Å². The van der Waals surface area contributed by atoms with Gasteiger partial charge in [-0.2, -0.15) is 5.10 Å². The standard InChI is InChI=1S/C28H34ClN5O3/c1-17-24(29)18(2)34-25(30-17)22-15-33(16-23(22)31-34)26(35)21-9-7-6-8-20(21)14-19-10-12-32(13-11-19)27(36)37-28(3,4)5/h6-9,19H,10-16H2,1-5H3. The number of nitrogens with zero attached hydrogens (tertiary/aromatic N) is 5. The Bertz CT molecular complexity index is 1370. The van der Waals surface area contributed by atoms with E-state index in [1.54, 1.807) is 9.42 Å². The number of rotatable bonds is 3. The lowest BCUT2D eigenvalue weighted by Gasteiger charge is -2.33. The third-order valence-corrected chi connectivity index (χ3v) is 7.81. The van der Waals surface area contributed by atoms with Crippen molar-refractivity contribution in [1.29, 1.82) is 0 Å². The summed E-state index contributed by atoms with van der Waals surface area (Å²) in [4.78, 5) is 34.4. The number of carbonyl (C=O) groups is 2. The number of halogens is 1. The lowest BCUT2D eigenvalue weighted by molar-refractivity contribution is 0.0184. The van der Waals surface area contributed by atoms with Gasteiger partial charge in [-0.25, -0.2) is 14.3 Å². The second-order valence-electron chi connectivity index (χ2n) is 11.2. The molecule has 1 fully saturated rings. The number of carbonyl (C=O) groups excluding carboxylic acids is 2. The van der Waals surface area contributed by atoms with Gasteiger partial charge in [0, 0.05) is 24.2 Å². The van der Waals surface area contributed by atoms with Gasteiger partial charge in [-0.05, 0) is 71.4 Å². The summed E-state index contributed by atoms with van der Waals surface area (Å²) in [6.45, 7) is 11.8. The zero-order valence-electron chi connectivity index (χ0n) is 22.2. The van der Waals surface area contributed by atoms with E-state index < -0.39 is 5.60 Å². The van der Waals surface area contributed by atoms with Crippen LogP contribution in [-0.4, -0.2) is 55.1 Å². The summed E-state index contributed by atoms with van der Waals surface area (Å²) < 4.78 is 7.31.